The van der Waals surface area contributed by atoms with Crippen molar-refractivity contribution in [3.05, 3.63) is 78.2 Å². The van der Waals surface area contributed by atoms with E-state index in [4.69, 9.17) is 0 Å². The van der Waals surface area contributed by atoms with E-state index in [0.29, 0.717) is 6.54 Å². The number of hydrogen-bond acceptors (Lipinski definition) is 4. The van der Waals surface area contributed by atoms with Crippen molar-refractivity contribution in [2.75, 3.05) is 16.8 Å². The van der Waals surface area contributed by atoms with Crippen LogP contribution in [0.1, 0.15) is 23.0 Å². The molecule has 0 atom stereocenters. The molecule has 0 radical (unpaired) electrons. The lowest BCUT2D eigenvalue weighted by molar-refractivity contribution is -0.136. The van der Waals surface area contributed by atoms with Gasteiger partial charge in [-0.2, -0.15) is 13.2 Å². The van der Waals surface area contributed by atoms with Gasteiger partial charge < -0.3 is 10.2 Å². The number of para-hydroxylation sites is 2. The van der Waals surface area contributed by atoms with Gasteiger partial charge in [-0.1, -0.05) is 30.3 Å². The number of alkyl halides is 3. The molecule has 0 saturated heterocycles. The number of carbonyl (C=O) groups excluding carboxylic acids is 1. The summed E-state index contributed by atoms with van der Waals surface area (Å²) in [7, 11) is 0. The van der Waals surface area contributed by atoms with E-state index in [2.05, 4.69) is 15.3 Å². The van der Waals surface area contributed by atoms with Crippen LogP contribution in [-0.2, 0) is 6.18 Å². The molecule has 1 N–H and O–H groups in total. The average molecular weight is 386 g/mol. The van der Waals surface area contributed by atoms with Crippen molar-refractivity contribution in [1.29, 1.82) is 0 Å². The highest BCUT2D eigenvalue weighted by Gasteiger charge is 2.33. The lowest BCUT2D eigenvalue weighted by Gasteiger charge is -2.20. The summed E-state index contributed by atoms with van der Waals surface area (Å²) in [6, 6.07) is 14.2. The van der Waals surface area contributed by atoms with Crippen molar-refractivity contribution in [3.63, 3.8) is 0 Å². The van der Waals surface area contributed by atoms with E-state index in [9.17, 15) is 18.0 Å². The van der Waals surface area contributed by atoms with E-state index in [1.54, 1.807) is 12.1 Å². The maximum atomic E-state index is 13.1. The summed E-state index contributed by atoms with van der Waals surface area (Å²) >= 11 is 0. The number of halogens is 3. The third-order valence-corrected chi connectivity index (χ3v) is 4.00. The summed E-state index contributed by atoms with van der Waals surface area (Å²) < 4.78 is 39.3. The summed E-state index contributed by atoms with van der Waals surface area (Å²) in [5, 5.41) is 2.60. The van der Waals surface area contributed by atoms with Crippen LogP contribution in [0.25, 0.3) is 0 Å². The first-order valence-electron chi connectivity index (χ1n) is 8.52. The molecule has 1 heterocycles. The number of anilines is 3. The molecule has 0 aliphatic rings. The van der Waals surface area contributed by atoms with E-state index >= 15 is 0 Å². The van der Waals surface area contributed by atoms with Gasteiger partial charge in [-0.05, 0) is 31.2 Å². The van der Waals surface area contributed by atoms with Crippen LogP contribution in [0.2, 0.25) is 0 Å². The minimum absolute atomic E-state index is 0.0976. The first kappa shape index (κ1) is 19.3. The fraction of sp³-hybridized carbons (Fsp3) is 0.150. The smallest absolute Gasteiger partial charge is 0.338 e. The van der Waals surface area contributed by atoms with Gasteiger partial charge in [-0.25, -0.2) is 9.97 Å². The normalized spacial score (nSPS) is 11.1. The number of nitrogens with zero attached hydrogens (tertiary/aromatic N) is 3. The zero-order valence-electron chi connectivity index (χ0n) is 14.9. The highest BCUT2D eigenvalue weighted by molar-refractivity contribution is 6.04. The summed E-state index contributed by atoms with van der Waals surface area (Å²) in [6.07, 6.45) is -2.02. The lowest BCUT2D eigenvalue weighted by Crippen LogP contribution is -2.31. The first-order valence-corrected chi connectivity index (χ1v) is 8.52. The molecule has 3 aromatic rings. The van der Waals surface area contributed by atoms with Crippen molar-refractivity contribution in [1.82, 2.24) is 9.97 Å². The molecule has 0 bridgehead atoms. The largest absolute Gasteiger partial charge is 0.418 e. The van der Waals surface area contributed by atoms with Gasteiger partial charge in [-0.3, -0.25) is 4.79 Å². The molecule has 0 spiro atoms. The quantitative estimate of drug-likeness (QED) is 0.677. The Labute approximate surface area is 159 Å². The number of nitrogens with one attached hydrogen (secondary N) is 1. The lowest BCUT2D eigenvalue weighted by atomic mass is 10.1. The monoisotopic (exact) mass is 386 g/mol. The number of amides is 1. The van der Waals surface area contributed by atoms with Gasteiger partial charge in [-0.15, -0.1) is 0 Å². The number of benzene rings is 2. The van der Waals surface area contributed by atoms with Crippen LogP contribution in [0.3, 0.4) is 0 Å². The van der Waals surface area contributed by atoms with Gasteiger partial charge in [0.2, 0.25) is 0 Å². The van der Waals surface area contributed by atoms with Gasteiger partial charge in [0.15, 0.2) is 0 Å². The van der Waals surface area contributed by atoms with Gasteiger partial charge in [0, 0.05) is 12.2 Å². The summed E-state index contributed by atoms with van der Waals surface area (Å²) in [6.45, 7) is 2.27. The summed E-state index contributed by atoms with van der Waals surface area (Å²) in [4.78, 5) is 22.3. The van der Waals surface area contributed by atoms with E-state index < -0.39 is 11.7 Å². The molecule has 0 saturated carbocycles. The SMILES string of the molecule is CCN(C(=O)c1cnc(Nc2ccccc2C(F)(F)F)cn1)c1ccccc1. The van der Waals surface area contributed by atoms with Gasteiger partial charge in [0.1, 0.15) is 11.5 Å². The molecule has 0 aliphatic heterocycles. The van der Waals surface area contributed by atoms with Crippen molar-refractivity contribution < 1.29 is 18.0 Å². The van der Waals surface area contributed by atoms with Crippen molar-refractivity contribution >= 4 is 23.1 Å². The Balaban J connectivity index is 1.80. The second-order valence-electron chi connectivity index (χ2n) is 5.84. The van der Waals surface area contributed by atoms with Gasteiger partial charge in [0.05, 0.1) is 23.6 Å². The molecule has 0 unspecified atom stereocenters. The topological polar surface area (TPSA) is 58.1 Å². The van der Waals surface area contributed by atoms with Crippen LogP contribution in [-0.4, -0.2) is 22.4 Å². The van der Waals surface area contributed by atoms with Crippen LogP contribution in [0.15, 0.2) is 67.0 Å². The molecule has 3 rings (SSSR count). The van der Waals surface area contributed by atoms with Crippen LogP contribution in [0, 0.1) is 0 Å². The summed E-state index contributed by atoms with van der Waals surface area (Å²) in [5.74, 6) is -0.237. The number of hydrogen-bond donors (Lipinski definition) is 1. The Morgan fingerprint density at radius 3 is 2.29 bits per heavy atom. The third-order valence-electron chi connectivity index (χ3n) is 4.00. The highest BCUT2D eigenvalue weighted by Crippen LogP contribution is 2.35. The zero-order chi connectivity index (χ0) is 20.1. The summed E-state index contributed by atoms with van der Waals surface area (Å²) in [5.41, 5.74) is -0.125. The van der Waals surface area contributed by atoms with Gasteiger partial charge in [0.25, 0.3) is 5.91 Å². The maximum absolute atomic E-state index is 13.1. The highest BCUT2D eigenvalue weighted by atomic mass is 19.4. The molecule has 5 nitrogen and oxygen atoms in total. The Hall–Kier alpha value is -3.42. The molecular weight excluding hydrogens is 369 g/mol. The van der Waals surface area contributed by atoms with E-state index in [0.717, 1.165) is 11.8 Å². The predicted molar refractivity (Wildman–Crippen MR) is 101 cm³/mol. The maximum Gasteiger partial charge on any atom is 0.418 e. The van der Waals surface area contributed by atoms with Crippen LogP contribution >= 0.6 is 0 Å². The van der Waals surface area contributed by atoms with E-state index in [1.807, 2.05) is 25.1 Å². The van der Waals surface area contributed by atoms with Crippen LogP contribution in [0.5, 0.6) is 0 Å². The van der Waals surface area contributed by atoms with Crippen LogP contribution in [0.4, 0.5) is 30.4 Å². The van der Waals surface area contributed by atoms with Crippen molar-refractivity contribution in [2.24, 2.45) is 0 Å². The number of rotatable bonds is 5. The van der Waals surface area contributed by atoms with Crippen LogP contribution < -0.4 is 10.2 Å². The number of aromatic nitrogens is 2. The molecule has 8 heteroatoms. The Morgan fingerprint density at radius 1 is 1.00 bits per heavy atom. The fourth-order valence-electron chi connectivity index (χ4n) is 2.67. The van der Waals surface area contributed by atoms with E-state index in [-0.39, 0.29) is 23.1 Å². The minimum Gasteiger partial charge on any atom is -0.338 e. The number of carbonyl (C=O) groups is 1. The second-order valence-corrected chi connectivity index (χ2v) is 5.84. The average Bonchev–Trinajstić information content (AvgIpc) is 2.69. The molecular formula is C20H17F3N4O. The Morgan fingerprint density at radius 2 is 1.68 bits per heavy atom. The van der Waals surface area contributed by atoms with Crippen molar-refractivity contribution in [2.45, 2.75) is 13.1 Å². The fourth-order valence-corrected chi connectivity index (χ4v) is 2.67. The second kappa shape index (κ2) is 8.08. The van der Waals surface area contributed by atoms with Gasteiger partial charge >= 0.3 is 6.18 Å². The molecule has 28 heavy (non-hydrogen) atoms. The predicted octanol–water partition coefficient (Wildman–Crippen LogP) is 4.91. The Bertz CT molecular complexity index is 944. The Kier molecular flexibility index (Phi) is 5.58. The molecule has 1 amide bonds. The molecule has 0 aliphatic carbocycles. The van der Waals surface area contributed by atoms with E-state index in [1.165, 1.54) is 35.5 Å². The molecule has 144 valence electrons. The molecule has 1 aromatic heterocycles. The molecule has 2 aromatic carbocycles. The zero-order valence-corrected chi connectivity index (χ0v) is 14.9. The minimum atomic E-state index is -4.50. The van der Waals surface area contributed by atoms with Crippen molar-refractivity contribution in [3.8, 4) is 0 Å². The standard InChI is InChI=1S/C20H17F3N4O/c1-2-27(14-8-4-3-5-9-14)19(28)17-12-25-18(13-24-17)26-16-11-7-6-10-15(16)20(21,22)23/h3-13H,2H2,1H3,(H,25,26). The first-order chi connectivity index (χ1) is 13.4. The third kappa shape index (κ3) is 4.28. The molecule has 0 fully saturated rings.